The van der Waals surface area contributed by atoms with Gasteiger partial charge in [0.15, 0.2) is 5.78 Å². The zero-order valence-corrected chi connectivity index (χ0v) is 16.0. The van der Waals surface area contributed by atoms with Crippen molar-refractivity contribution in [1.82, 2.24) is 4.90 Å². The van der Waals surface area contributed by atoms with E-state index >= 15 is 0 Å². The van der Waals surface area contributed by atoms with Gasteiger partial charge in [-0.1, -0.05) is 52.2 Å². The fraction of sp³-hybridized carbons (Fsp3) is 0.737. The SMILES string of the molecule is CCCCCCC1CC(=O)C=CN1CCC#CC[Si](C)(C)C. The number of hydrogen-bond donors (Lipinski definition) is 0. The summed E-state index contributed by atoms with van der Waals surface area (Å²) in [5, 5.41) is 0. The third kappa shape index (κ3) is 8.43. The number of carbonyl (C=O) groups is 1. The molecule has 2 nitrogen and oxygen atoms in total. The van der Waals surface area contributed by atoms with E-state index in [1.54, 1.807) is 6.08 Å². The van der Waals surface area contributed by atoms with E-state index in [1.807, 2.05) is 6.20 Å². The Balaban J connectivity index is 2.40. The molecule has 0 aliphatic carbocycles. The predicted octanol–water partition coefficient (Wildman–Crippen LogP) is 4.85. The second-order valence-corrected chi connectivity index (χ2v) is 13.0. The van der Waals surface area contributed by atoms with Crippen LogP contribution in [0.4, 0.5) is 0 Å². The summed E-state index contributed by atoms with van der Waals surface area (Å²) in [5.74, 6) is 6.94. The summed E-state index contributed by atoms with van der Waals surface area (Å²) in [6.07, 6.45) is 11.6. The third-order valence-electron chi connectivity index (χ3n) is 3.99. The second kappa shape index (κ2) is 9.89. The number of hydrogen-bond acceptors (Lipinski definition) is 2. The lowest BCUT2D eigenvalue weighted by atomic mass is 9.98. The van der Waals surface area contributed by atoms with E-state index < -0.39 is 8.07 Å². The Morgan fingerprint density at radius 2 is 2.00 bits per heavy atom. The Morgan fingerprint density at radius 3 is 2.68 bits per heavy atom. The zero-order valence-electron chi connectivity index (χ0n) is 15.0. The number of carbonyl (C=O) groups excluding carboxylic acids is 1. The Morgan fingerprint density at radius 1 is 1.23 bits per heavy atom. The lowest BCUT2D eigenvalue weighted by Crippen LogP contribution is -2.36. The van der Waals surface area contributed by atoms with Gasteiger partial charge in [-0.05, 0) is 12.5 Å². The molecule has 1 aliphatic heterocycles. The Bertz CT molecular complexity index is 425. The van der Waals surface area contributed by atoms with Crippen LogP contribution in [0.2, 0.25) is 25.7 Å². The normalized spacial score (nSPS) is 18.3. The number of rotatable bonds is 8. The molecule has 0 aromatic heterocycles. The first-order valence-electron chi connectivity index (χ1n) is 8.85. The van der Waals surface area contributed by atoms with Crippen LogP contribution in [-0.4, -0.2) is 31.3 Å². The molecular weight excluding hydrogens is 286 g/mol. The Hall–Kier alpha value is -1.01. The van der Waals surface area contributed by atoms with Crippen molar-refractivity contribution in [3.8, 4) is 11.8 Å². The first kappa shape index (κ1) is 19.0. The van der Waals surface area contributed by atoms with Crippen molar-refractivity contribution in [1.29, 1.82) is 0 Å². The molecule has 0 amide bonds. The van der Waals surface area contributed by atoms with Crippen LogP contribution in [0, 0.1) is 11.8 Å². The summed E-state index contributed by atoms with van der Waals surface area (Å²) in [5.41, 5.74) is 0. The predicted molar refractivity (Wildman–Crippen MR) is 98.6 cm³/mol. The van der Waals surface area contributed by atoms with Crippen LogP contribution in [-0.2, 0) is 4.79 Å². The summed E-state index contributed by atoms with van der Waals surface area (Å²) in [6, 6.07) is 1.48. The molecule has 1 atom stereocenters. The van der Waals surface area contributed by atoms with E-state index in [1.165, 1.54) is 25.7 Å². The zero-order chi connectivity index (χ0) is 16.4. The van der Waals surface area contributed by atoms with Crippen LogP contribution in [0.25, 0.3) is 0 Å². The topological polar surface area (TPSA) is 20.3 Å². The fourth-order valence-electron chi connectivity index (χ4n) is 2.65. The van der Waals surface area contributed by atoms with Gasteiger partial charge in [-0.25, -0.2) is 0 Å². The summed E-state index contributed by atoms with van der Waals surface area (Å²) in [4.78, 5) is 14.0. The minimum Gasteiger partial charge on any atom is -0.373 e. The molecule has 0 spiro atoms. The van der Waals surface area contributed by atoms with Gasteiger partial charge in [0.25, 0.3) is 0 Å². The molecule has 22 heavy (non-hydrogen) atoms. The van der Waals surface area contributed by atoms with Gasteiger partial charge in [0, 0.05) is 37.7 Å². The lowest BCUT2D eigenvalue weighted by Gasteiger charge is -2.32. The van der Waals surface area contributed by atoms with Crippen molar-refractivity contribution < 1.29 is 4.79 Å². The first-order chi connectivity index (χ1) is 10.4. The largest absolute Gasteiger partial charge is 0.373 e. The van der Waals surface area contributed by atoms with Gasteiger partial charge in [0.1, 0.15) is 0 Å². The molecule has 0 aromatic rings. The molecule has 1 rings (SSSR count). The quantitative estimate of drug-likeness (QED) is 0.362. The standard InChI is InChI=1S/C19H33NOSi/c1-5-6-7-9-12-18-17-19(21)13-15-20(18)14-10-8-11-16-22(2,3)4/h13,15,18H,5-7,9-10,12,14,16-17H2,1-4H3. The molecule has 0 N–H and O–H groups in total. The van der Waals surface area contributed by atoms with Gasteiger partial charge in [-0.3, -0.25) is 4.79 Å². The maximum Gasteiger partial charge on any atom is 0.159 e. The molecule has 3 heteroatoms. The number of nitrogens with zero attached hydrogens (tertiary/aromatic N) is 1. The van der Waals surface area contributed by atoms with E-state index in [-0.39, 0.29) is 5.78 Å². The third-order valence-corrected chi connectivity index (χ3v) is 5.22. The highest BCUT2D eigenvalue weighted by Gasteiger charge is 2.21. The van der Waals surface area contributed by atoms with Crippen molar-refractivity contribution in [2.75, 3.05) is 6.54 Å². The molecule has 0 saturated carbocycles. The molecular formula is C19H33NOSi. The van der Waals surface area contributed by atoms with Crippen LogP contribution >= 0.6 is 0 Å². The summed E-state index contributed by atoms with van der Waals surface area (Å²) >= 11 is 0. The monoisotopic (exact) mass is 319 g/mol. The lowest BCUT2D eigenvalue weighted by molar-refractivity contribution is -0.116. The molecule has 0 bridgehead atoms. The maximum atomic E-state index is 11.7. The van der Waals surface area contributed by atoms with Crippen molar-refractivity contribution in [3.05, 3.63) is 12.3 Å². The molecule has 0 radical (unpaired) electrons. The summed E-state index contributed by atoms with van der Waals surface area (Å²) < 4.78 is 0. The molecule has 0 aromatic carbocycles. The fourth-order valence-corrected chi connectivity index (χ4v) is 3.31. The highest BCUT2D eigenvalue weighted by Crippen LogP contribution is 2.19. The van der Waals surface area contributed by atoms with Gasteiger partial charge in [-0.15, -0.1) is 11.8 Å². The van der Waals surface area contributed by atoms with Crippen molar-refractivity contribution in [3.63, 3.8) is 0 Å². The minimum absolute atomic E-state index is 0.279. The van der Waals surface area contributed by atoms with Gasteiger partial charge in [0.2, 0.25) is 0 Å². The average molecular weight is 320 g/mol. The Kier molecular flexibility index (Phi) is 8.56. The van der Waals surface area contributed by atoms with Crippen molar-refractivity contribution in [2.45, 2.75) is 83.6 Å². The van der Waals surface area contributed by atoms with Crippen LogP contribution in [0.5, 0.6) is 0 Å². The van der Waals surface area contributed by atoms with E-state index in [9.17, 15) is 4.79 Å². The van der Waals surface area contributed by atoms with Crippen LogP contribution in [0.3, 0.4) is 0 Å². The molecule has 0 saturated heterocycles. The van der Waals surface area contributed by atoms with Crippen LogP contribution in [0.1, 0.15) is 51.9 Å². The maximum absolute atomic E-state index is 11.7. The van der Waals surface area contributed by atoms with Crippen LogP contribution < -0.4 is 0 Å². The second-order valence-electron chi connectivity index (χ2n) is 7.57. The number of allylic oxidation sites excluding steroid dienone is 1. The van der Waals surface area contributed by atoms with Crippen molar-refractivity contribution >= 4 is 13.9 Å². The van der Waals surface area contributed by atoms with Crippen molar-refractivity contribution in [2.24, 2.45) is 0 Å². The molecule has 0 fully saturated rings. The minimum atomic E-state index is -1.04. The van der Waals surface area contributed by atoms with Gasteiger partial charge in [0.05, 0.1) is 8.07 Å². The highest BCUT2D eigenvalue weighted by atomic mass is 28.3. The first-order valence-corrected chi connectivity index (χ1v) is 12.6. The Labute approximate surface area is 138 Å². The van der Waals surface area contributed by atoms with Gasteiger partial charge in [-0.2, -0.15) is 0 Å². The molecule has 1 unspecified atom stereocenters. The molecule has 1 aliphatic rings. The smallest absolute Gasteiger partial charge is 0.159 e. The number of unbranched alkanes of at least 4 members (excludes halogenated alkanes) is 3. The van der Waals surface area contributed by atoms with Crippen LogP contribution in [0.15, 0.2) is 12.3 Å². The van der Waals surface area contributed by atoms with Gasteiger partial charge < -0.3 is 4.90 Å². The molecule has 124 valence electrons. The molecule has 1 heterocycles. The van der Waals surface area contributed by atoms with Gasteiger partial charge >= 0.3 is 0 Å². The number of ketones is 1. The van der Waals surface area contributed by atoms with E-state index in [0.717, 1.165) is 25.4 Å². The van der Waals surface area contributed by atoms with E-state index in [2.05, 4.69) is 43.3 Å². The average Bonchev–Trinajstić information content (AvgIpc) is 2.44. The summed E-state index contributed by atoms with van der Waals surface area (Å²) in [7, 11) is -1.04. The highest BCUT2D eigenvalue weighted by molar-refractivity contribution is 6.76. The summed E-state index contributed by atoms with van der Waals surface area (Å²) in [6.45, 7) is 10.3. The van der Waals surface area contributed by atoms with E-state index in [0.29, 0.717) is 12.5 Å². The van der Waals surface area contributed by atoms with E-state index in [4.69, 9.17) is 0 Å².